The van der Waals surface area contributed by atoms with Crippen LogP contribution in [0.25, 0.3) is 0 Å². The summed E-state index contributed by atoms with van der Waals surface area (Å²) < 4.78 is 36.8. The fourth-order valence-electron chi connectivity index (χ4n) is 0.784. The molecule has 1 aromatic heterocycles. The Hall–Kier alpha value is -0.580. The molecule has 0 saturated carbocycles. The molecule has 0 saturated heterocycles. The lowest BCUT2D eigenvalue weighted by Crippen LogP contribution is -1.96. The minimum absolute atomic E-state index is 0.173. The number of halogens is 4. The van der Waals surface area contributed by atoms with Crippen LogP contribution in [0.1, 0.15) is 17.7 Å². The maximum absolute atomic E-state index is 12.4. The summed E-state index contributed by atoms with van der Waals surface area (Å²) >= 11 is 2.98. The maximum Gasteiger partial charge on any atom is 0.265 e. The normalized spacial score (nSPS) is 10.8. The molecule has 0 N–H and O–H groups in total. The molecule has 1 heterocycles. The van der Waals surface area contributed by atoms with Crippen LogP contribution in [0.5, 0.6) is 0 Å². The Morgan fingerprint density at radius 3 is 2.67 bits per heavy atom. The summed E-state index contributed by atoms with van der Waals surface area (Å²) in [5.41, 5.74) is -0.182. The number of rotatable bonds is 2. The van der Waals surface area contributed by atoms with Crippen LogP contribution in [0.3, 0.4) is 0 Å². The van der Waals surface area contributed by atoms with E-state index in [4.69, 9.17) is 0 Å². The minimum Gasteiger partial charge on any atom is -0.257 e. The monoisotopic (exact) mass is 239 g/mol. The van der Waals surface area contributed by atoms with Crippen LogP contribution in [-0.4, -0.2) is 4.98 Å². The third-order valence-electron chi connectivity index (χ3n) is 1.33. The molecule has 0 spiro atoms. The van der Waals surface area contributed by atoms with Crippen molar-refractivity contribution in [2.45, 2.75) is 11.8 Å². The Labute approximate surface area is 75.7 Å². The van der Waals surface area contributed by atoms with Gasteiger partial charge in [0.25, 0.3) is 6.43 Å². The SMILES string of the molecule is Fc1cnc(CBr)c(C(F)F)c1. The van der Waals surface area contributed by atoms with Gasteiger partial charge in [0.05, 0.1) is 11.9 Å². The summed E-state index contributed by atoms with van der Waals surface area (Å²) in [4.78, 5) is 3.52. The predicted molar refractivity (Wildman–Crippen MR) is 41.8 cm³/mol. The Morgan fingerprint density at radius 1 is 1.50 bits per heavy atom. The molecule has 5 heteroatoms. The van der Waals surface area contributed by atoms with Gasteiger partial charge in [0, 0.05) is 10.9 Å². The molecule has 0 unspecified atom stereocenters. The highest BCUT2D eigenvalue weighted by Gasteiger charge is 2.13. The topological polar surface area (TPSA) is 12.9 Å². The molecule has 0 aliphatic carbocycles. The smallest absolute Gasteiger partial charge is 0.257 e. The molecule has 12 heavy (non-hydrogen) atoms. The fourth-order valence-corrected chi connectivity index (χ4v) is 1.25. The Kier molecular flexibility index (Phi) is 3.08. The van der Waals surface area contributed by atoms with Crippen LogP contribution in [0.2, 0.25) is 0 Å². The summed E-state index contributed by atoms with van der Waals surface area (Å²) in [6.07, 6.45) is -1.76. The van der Waals surface area contributed by atoms with Gasteiger partial charge in [0.15, 0.2) is 0 Å². The Bertz CT molecular complexity index is 277. The second-order valence-corrected chi connectivity index (χ2v) is 2.68. The van der Waals surface area contributed by atoms with Crippen molar-refractivity contribution in [1.82, 2.24) is 4.98 Å². The van der Waals surface area contributed by atoms with Gasteiger partial charge in [-0.15, -0.1) is 0 Å². The lowest BCUT2D eigenvalue weighted by atomic mass is 10.2. The van der Waals surface area contributed by atoms with Gasteiger partial charge in [-0.1, -0.05) is 15.9 Å². The predicted octanol–water partition coefficient (Wildman–Crippen LogP) is 3.05. The number of aromatic nitrogens is 1. The molecule has 0 amide bonds. The van der Waals surface area contributed by atoms with E-state index in [2.05, 4.69) is 20.9 Å². The molecule has 1 rings (SSSR count). The summed E-state index contributed by atoms with van der Waals surface area (Å²) in [5.74, 6) is -0.741. The third kappa shape index (κ3) is 1.97. The van der Waals surface area contributed by atoms with Crippen molar-refractivity contribution >= 4 is 15.9 Å². The van der Waals surface area contributed by atoms with Gasteiger partial charge in [-0.25, -0.2) is 13.2 Å². The zero-order valence-corrected chi connectivity index (χ0v) is 7.48. The van der Waals surface area contributed by atoms with E-state index < -0.39 is 12.2 Å². The lowest BCUT2D eigenvalue weighted by Gasteiger charge is -2.03. The van der Waals surface area contributed by atoms with Gasteiger partial charge in [-0.3, -0.25) is 4.98 Å². The summed E-state index contributed by atoms with van der Waals surface area (Å²) in [6, 6.07) is 0.800. The number of alkyl halides is 3. The quantitative estimate of drug-likeness (QED) is 0.724. The van der Waals surface area contributed by atoms with Crippen molar-refractivity contribution in [3.05, 3.63) is 29.3 Å². The molecule has 0 fully saturated rings. The second kappa shape index (κ2) is 3.89. The highest BCUT2D eigenvalue weighted by atomic mass is 79.9. The number of hydrogen-bond acceptors (Lipinski definition) is 1. The molecule has 1 nitrogen and oxygen atoms in total. The highest BCUT2D eigenvalue weighted by molar-refractivity contribution is 9.08. The molecule has 0 bridgehead atoms. The molecule has 0 aromatic carbocycles. The molecule has 0 aliphatic heterocycles. The van der Waals surface area contributed by atoms with Crippen molar-refractivity contribution in [3.63, 3.8) is 0 Å². The van der Waals surface area contributed by atoms with E-state index in [1.54, 1.807) is 0 Å². The van der Waals surface area contributed by atoms with Gasteiger partial charge in [0.1, 0.15) is 5.82 Å². The zero-order valence-electron chi connectivity index (χ0n) is 5.90. The van der Waals surface area contributed by atoms with Crippen molar-refractivity contribution < 1.29 is 13.2 Å². The molecule has 0 atom stereocenters. The first-order valence-electron chi connectivity index (χ1n) is 3.13. The van der Waals surface area contributed by atoms with Gasteiger partial charge in [-0.2, -0.15) is 0 Å². The number of pyridine rings is 1. The average molecular weight is 240 g/mol. The van der Waals surface area contributed by atoms with Gasteiger partial charge >= 0.3 is 0 Å². The third-order valence-corrected chi connectivity index (χ3v) is 1.86. The fraction of sp³-hybridized carbons (Fsp3) is 0.286. The second-order valence-electron chi connectivity index (χ2n) is 2.12. The molecule has 0 radical (unpaired) electrons. The van der Waals surface area contributed by atoms with E-state index in [0.717, 1.165) is 12.3 Å². The van der Waals surface area contributed by atoms with E-state index in [-0.39, 0.29) is 16.6 Å². The Balaban J connectivity index is 3.12. The van der Waals surface area contributed by atoms with E-state index in [9.17, 15) is 13.2 Å². The maximum atomic E-state index is 12.4. The van der Waals surface area contributed by atoms with Crippen molar-refractivity contribution in [3.8, 4) is 0 Å². The first-order valence-corrected chi connectivity index (χ1v) is 4.25. The van der Waals surface area contributed by atoms with Gasteiger partial charge in [-0.05, 0) is 6.07 Å². The van der Waals surface area contributed by atoms with E-state index in [0.29, 0.717) is 0 Å². The van der Waals surface area contributed by atoms with Gasteiger partial charge < -0.3 is 0 Å². The number of hydrogen-bond donors (Lipinski definition) is 0. The van der Waals surface area contributed by atoms with Gasteiger partial charge in [0.2, 0.25) is 0 Å². The van der Waals surface area contributed by atoms with Crippen molar-refractivity contribution in [2.24, 2.45) is 0 Å². The molecular weight excluding hydrogens is 235 g/mol. The largest absolute Gasteiger partial charge is 0.265 e. The summed E-state index contributed by atoms with van der Waals surface area (Å²) in [5, 5.41) is 0.201. The van der Waals surface area contributed by atoms with Crippen LogP contribution < -0.4 is 0 Å². The van der Waals surface area contributed by atoms with E-state index in [1.807, 2.05) is 0 Å². The summed E-state index contributed by atoms with van der Waals surface area (Å²) in [7, 11) is 0. The van der Waals surface area contributed by atoms with Crippen molar-refractivity contribution in [1.29, 1.82) is 0 Å². The average Bonchev–Trinajstić information content (AvgIpc) is 2.04. The zero-order chi connectivity index (χ0) is 9.14. The van der Waals surface area contributed by atoms with Crippen LogP contribution >= 0.6 is 15.9 Å². The molecule has 1 aromatic rings. The lowest BCUT2D eigenvalue weighted by molar-refractivity contribution is 0.149. The van der Waals surface area contributed by atoms with E-state index in [1.165, 1.54) is 0 Å². The van der Waals surface area contributed by atoms with Crippen LogP contribution in [-0.2, 0) is 5.33 Å². The van der Waals surface area contributed by atoms with Crippen molar-refractivity contribution in [2.75, 3.05) is 0 Å². The van der Waals surface area contributed by atoms with Crippen LogP contribution in [0, 0.1) is 5.82 Å². The van der Waals surface area contributed by atoms with E-state index >= 15 is 0 Å². The molecule has 66 valence electrons. The standard InChI is InChI=1S/C7H5BrF3N/c8-2-6-5(7(10)11)1-4(9)3-12-6/h1,3,7H,2H2. The van der Waals surface area contributed by atoms with Crippen LogP contribution in [0.4, 0.5) is 13.2 Å². The molecule has 0 aliphatic rings. The summed E-state index contributed by atoms with van der Waals surface area (Å²) in [6.45, 7) is 0. The molecular formula is C7H5BrF3N. The Morgan fingerprint density at radius 2 is 2.17 bits per heavy atom. The minimum atomic E-state index is -2.68. The number of nitrogens with zero attached hydrogens (tertiary/aromatic N) is 1. The van der Waals surface area contributed by atoms with Crippen LogP contribution in [0.15, 0.2) is 12.3 Å². The first kappa shape index (κ1) is 9.51. The highest BCUT2D eigenvalue weighted by Crippen LogP contribution is 2.23. The first-order chi connectivity index (χ1) is 5.65.